The second-order valence-corrected chi connectivity index (χ2v) is 5.53. The number of nitrogens with two attached hydrogens (primary N) is 1. The number of rotatable bonds is 6. The molecule has 1 aromatic carbocycles. The Hall–Kier alpha value is -2.07. The van der Waals surface area contributed by atoms with Crippen LogP contribution in [0.2, 0.25) is 0 Å². The summed E-state index contributed by atoms with van der Waals surface area (Å²) in [4.78, 5) is 11.2. The van der Waals surface area contributed by atoms with E-state index in [0.29, 0.717) is 0 Å². The van der Waals surface area contributed by atoms with E-state index in [1.165, 1.54) is 19.2 Å². The largest absolute Gasteiger partial charge is 0.495 e. The number of carbonyl (C=O) groups is 1. The van der Waals surface area contributed by atoms with Crippen molar-refractivity contribution in [2.45, 2.75) is 6.92 Å². The lowest BCUT2D eigenvalue weighted by Crippen LogP contribution is -2.36. The molecule has 4 N–H and O–H groups in total. The van der Waals surface area contributed by atoms with E-state index in [4.69, 9.17) is 22.7 Å². The zero-order chi connectivity index (χ0) is 16.0. The summed E-state index contributed by atoms with van der Waals surface area (Å²) in [5.74, 6) is 0.203. The normalized spacial score (nSPS) is 10.6. The Morgan fingerprint density at radius 2 is 2.10 bits per heavy atom. The summed E-state index contributed by atoms with van der Waals surface area (Å²) >= 11 is 4.85. The molecule has 1 aromatic rings. The van der Waals surface area contributed by atoms with Crippen LogP contribution in [0, 0.1) is 0 Å². The van der Waals surface area contributed by atoms with Crippen molar-refractivity contribution in [3.05, 3.63) is 23.8 Å². The molecule has 116 valence electrons. The molecule has 1 rings (SSSR count). The fourth-order valence-electron chi connectivity index (χ4n) is 1.44. The molecular weight excluding hydrogens is 318 g/mol. The molecular formula is C11H15N3O5S2. The number of ether oxygens (including phenoxy) is 2. The highest BCUT2D eigenvalue weighted by Crippen LogP contribution is 2.29. The van der Waals surface area contributed by atoms with Crippen LogP contribution >= 0.6 is 12.2 Å². The third-order valence-electron chi connectivity index (χ3n) is 2.24. The number of methoxy groups -OCH3 is 1. The van der Waals surface area contributed by atoms with Crippen LogP contribution in [0.5, 0.6) is 5.75 Å². The lowest BCUT2D eigenvalue weighted by Gasteiger charge is -2.15. The number of thiocarbonyl (C=S) groups is 1. The smallest absolute Gasteiger partial charge is 0.422 e. The maximum atomic E-state index is 11.9. The van der Waals surface area contributed by atoms with Gasteiger partial charge in [0.2, 0.25) is 0 Å². The van der Waals surface area contributed by atoms with E-state index in [1.807, 2.05) is 0 Å². The van der Waals surface area contributed by atoms with Gasteiger partial charge in [-0.25, -0.2) is 9.52 Å². The van der Waals surface area contributed by atoms with Crippen molar-refractivity contribution >= 4 is 39.2 Å². The maximum Gasteiger partial charge on any atom is 0.422 e. The summed E-state index contributed by atoms with van der Waals surface area (Å²) in [5.41, 5.74) is 5.83. The third-order valence-corrected chi connectivity index (χ3v) is 3.37. The predicted octanol–water partition coefficient (Wildman–Crippen LogP) is 0.732. The monoisotopic (exact) mass is 333 g/mol. The van der Waals surface area contributed by atoms with Crippen LogP contribution in [0.15, 0.2) is 18.2 Å². The Kier molecular flexibility index (Phi) is 5.73. The Morgan fingerprint density at radius 3 is 2.62 bits per heavy atom. The van der Waals surface area contributed by atoms with Crippen LogP contribution in [-0.4, -0.2) is 33.2 Å². The SMILES string of the molecule is CCOC(=O)NS(=O)(=O)Nc1c(OC)cccc1C(N)=S. The first-order chi connectivity index (χ1) is 9.80. The molecule has 0 spiro atoms. The first-order valence-electron chi connectivity index (χ1n) is 5.74. The highest BCUT2D eigenvalue weighted by atomic mass is 32.2. The molecule has 0 heterocycles. The number of hydrogen-bond acceptors (Lipinski definition) is 6. The molecule has 8 nitrogen and oxygen atoms in total. The standard InChI is InChI=1S/C11H15N3O5S2/c1-3-19-11(15)14-21(16,17)13-9-7(10(12)20)5-4-6-8(9)18-2/h4-6,13H,3H2,1-2H3,(H2,12,20)(H,14,15). The number of amides is 1. The zero-order valence-corrected chi connectivity index (χ0v) is 13.0. The van der Waals surface area contributed by atoms with Crippen LogP contribution in [-0.2, 0) is 14.9 Å². The number of hydrogen-bond donors (Lipinski definition) is 3. The number of benzene rings is 1. The molecule has 0 atom stereocenters. The molecule has 0 fully saturated rings. The van der Waals surface area contributed by atoms with Gasteiger partial charge in [0.15, 0.2) is 0 Å². The van der Waals surface area contributed by atoms with Crippen LogP contribution < -0.4 is 19.9 Å². The van der Waals surface area contributed by atoms with E-state index in [2.05, 4.69) is 9.46 Å². The van der Waals surface area contributed by atoms with Gasteiger partial charge in [0.25, 0.3) is 0 Å². The van der Waals surface area contributed by atoms with Crippen molar-refractivity contribution in [1.29, 1.82) is 0 Å². The minimum Gasteiger partial charge on any atom is -0.495 e. The summed E-state index contributed by atoms with van der Waals surface area (Å²) in [6, 6.07) is 4.64. The number of nitrogens with one attached hydrogen (secondary N) is 2. The zero-order valence-electron chi connectivity index (χ0n) is 11.4. The van der Waals surface area contributed by atoms with Crippen LogP contribution in [0.4, 0.5) is 10.5 Å². The Labute approximate surface area is 127 Å². The Morgan fingerprint density at radius 1 is 1.43 bits per heavy atom. The number of para-hydroxylation sites is 1. The lowest BCUT2D eigenvalue weighted by atomic mass is 10.1. The van der Waals surface area contributed by atoms with Gasteiger partial charge in [0.1, 0.15) is 16.4 Å². The van der Waals surface area contributed by atoms with E-state index in [-0.39, 0.29) is 28.6 Å². The van der Waals surface area contributed by atoms with Gasteiger partial charge < -0.3 is 15.2 Å². The minimum absolute atomic E-state index is 0.0252. The van der Waals surface area contributed by atoms with Gasteiger partial charge in [-0.1, -0.05) is 18.3 Å². The maximum absolute atomic E-state index is 11.9. The average molecular weight is 333 g/mol. The highest BCUT2D eigenvalue weighted by molar-refractivity contribution is 7.91. The van der Waals surface area contributed by atoms with Gasteiger partial charge >= 0.3 is 16.3 Å². The van der Waals surface area contributed by atoms with Gasteiger partial charge in [-0.05, 0) is 19.1 Å². The fourth-order valence-corrected chi connectivity index (χ4v) is 2.42. The molecule has 1 amide bonds. The molecule has 0 aliphatic carbocycles. The van der Waals surface area contributed by atoms with Crippen molar-refractivity contribution in [3.8, 4) is 5.75 Å². The Balaban J connectivity index is 3.11. The molecule has 0 saturated heterocycles. The first kappa shape index (κ1) is 17.0. The average Bonchev–Trinajstić information content (AvgIpc) is 2.37. The second-order valence-electron chi connectivity index (χ2n) is 3.68. The van der Waals surface area contributed by atoms with Crippen molar-refractivity contribution in [1.82, 2.24) is 4.72 Å². The minimum atomic E-state index is -4.21. The van der Waals surface area contributed by atoms with E-state index < -0.39 is 16.3 Å². The molecule has 0 unspecified atom stereocenters. The summed E-state index contributed by atoms with van der Waals surface area (Å²) in [6.07, 6.45) is -1.10. The van der Waals surface area contributed by atoms with E-state index in [1.54, 1.807) is 17.7 Å². The summed E-state index contributed by atoms with van der Waals surface area (Å²) in [5, 5.41) is 0. The van der Waals surface area contributed by atoms with E-state index >= 15 is 0 Å². The molecule has 0 aliphatic heterocycles. The predicted molar refractivity (Wildman–Crippen MR) is 81.6 cm³/mol. The number of carbonyl (C=O) groups excluding carboxylic acids is 1. The Bertz CT molecular complexity index is 645. The highest BCUT2D eigenvalue weighted by Gasteiger charge is 2.20. The van der Waals surface area contributed by atoms with E-state index in [9.17, 15) is 13.2 Å². The molecule has 0 aliphatic rings. The van der Waals surface area contributed by atoms with Crippen LogP contribution in [0.1, 0.15) is 12.5 Å². The van der Waals surface area contributed by atoms with Crippen LogP contribution in [0.25, 0.3) is 0 Å². The summed E-state index contributed by atoms with van der Waals surface area (Å²) in [6.45, 7) is 1.58. The van der Waals surface area contributed by atoms with Gasteiger partial charge in [0, 0.05) is 5.56 Å². The van der Waals surface area contributed by atoms with Crippen molar-refractivity contribution in [3.63, 3.8) is 0 Å². The first-order valence-corrected chi connectivity index (χ1v) is 7.64. The van der Waals surface area contributed by atoms with Gasteiger partial charge in [0.05, 0.1) is 13.7 Å². The summed E-state index contributed by atoms with van der Waals surface area (Å²) < 4.78 is 37.1. The molecule has 0 saturated carbocycles. The second kappa shape index (κ2) is 7.09. The van der Waals surface area contributed by atoms with Gasteiger partial charge in [-0.2, -0.15) is 8.42 Å². The fraction of sp³-hybridized carbons (Fsp3) is 0.273. The molecule has 21 heavy (non-hydrogen) atoms. The van der Waals surface area contributed by atoms with E-state index in [0.717, 1.165) is 0 Å². The van der Waals surface area contributed by atoms with Gasteiger partial charge in [-0.3, -0.25) is 4.72 Å². The molecule has 0 aromatic heterocycles. The lowest BCUT2D eigenvalue weighted by molar-refractivity contribution is 0.159. The quantitative estimate of drug-likeness (QED) is 0.656. The van der Waals surface area contributed by atoms with Crippen molar-refractivity contribution in [2.24, 2.45) is 5.73 Å². The van der Waals surface area contributed by atoms with Crippen molar-refractivity contribution < 1.29 is 22.7 Å². The van der Waals surface area contributed by atoms with Crippen molar-refractivity contribution in [2.75, 3.05) is 18.4 Å². The molecule has 10 heteroatoms. The molecule has 0 radical (unpaired) electrons. The summed E-state index contributed by atoms with van der Waals surface area (Å²) in [7, 11) is -2.86. The van der Waals surface area contributed by atoms with Gasteiger partial charge in [-0.15, -0.1) is 0 Å². The molecule has 0 bridgehead atoms. The topological polar surface area (TPSA) is 120 Å². The van der Waals surface area contributed by atoms with Crippen LogP contribution in [0.3, 0.4) is 0 Å². The number of anilines is 1. The third kappa shape index (κ3) is 4.76.